The third-order valence-corrected chi connectivity index (χ3v) is 6.47. The standard InChI is InChI=1S/C25H24N4O3/c26-23(30)17-11-5-7-13-20(17)28-24(31)21-16-10-4-6-12-19(16)27-22-18(21)14-29(25(22)32)15-8-2-1-3-9-15/h4-7,10-13,15H,1-3,8-9,14H2,(H2,26,30)(H,28,31). The van der Waals surface area contributed by atoms with Crippen LogP contribution in [0.3, 0.4) is 0 Å². The van der Waals surface area contributed by atoms with Crippen LogP contribution in [-0.2, 0) is 6.54 Å². The number of para-hydroxylation sites is 2. The maximum absolute atomic E-state index is 13.5. The third-order valence-electron chi connectivity index (χ3n) is 6.47. The molecule has 0 unspecified atom stereocenters. The Labute approximate surface area is 185 Å². The predicted molar refractivity (Wildman–Crippen MR) is 121 cm³/mol. The Morgan fingerprint density at radius 1 is 1.00 bits per heavy atom. The molecule has 1 saturated carbocycles. The molecule has 0 spiro atoms. The van der Waals surface area contributed by atoms with Crippen LogP contribution in [0, 0.1) is 0 Å². The largest absolute Gasteiger partial charge is 0.366 e. The molecule has 7 heteroatoms. The number of amides is 3. The van der Waals surface area contributed by atoms with E-state index in [-0.39, 0.29) is 23.4 Å². The molecule has 162 valence electrons. The van der Waals surface area contributed by atoms with Gasteiger partial charge in [0.05, 0.1) is 22.3 Å². The van der Waals surface area contributed by atoms with Crippen molar-refractivity contribution in [3.05, 3.63) is 70.9 Å². The van der Waals surface area contributed by atoms with E-state index in [1.54, 1.807) is 30.3 Å². The van der Waals surface area contributed by atoms with Gasteiger partial charge in [0.1, 0.15) is 5.69 Å². The van der Waals surface area contributed by atoms with Gasteiger partial charge in [-0.3, -0.25) is 14.4 Å². The molecule has 5 rings (SSSR count). The van der Waals surface area contributed by atoms with Gasteiger partial charge in [-0.2, -0.15) is 0 Å². The highest BCUT2D eigenvalue weighted by Gasteiger charge is 2.38. The fourth-order valence-electron chi connectivity index (χ4n) is 4.90. The zero-order valence-corrected chi connectivity index (χ0v) is 17.6. The van der Waals surface area contributed by atoms with Crippen LogP contribution in [0.15, 0.2) is 48.5 Å². The molecule has 0 saturated heterocycles. The number of nitrogens with zero attached hydrogens (tertiary/aromatic N) is 2. The summed E-state index contributed by atoms with van der Waals surface area (Å²) in [5.41, 5.74) is 8.07. The quantitative estimate of drug-likeness (QED) is 0.658. The molecule has 32 heavy (non-hydrogen) atoms. The summed E-state index contributed by atoms with van der Waals surface area (Å²) >= 11 is 0. The second kappa shape index (κ2) is 8.07. The van der Waals surface area contributed by atoms with Gasteiger partial charge < -0.3 is 16.0 Å². The molecule has 1 fully saturated rings. The number of hydrogen-bond acceptors (Lipinski definition) is 4. The summed E-state index contributed by atoms with van der Waals surface area (Å²) in [5.74, 6) is -1.11. The number of nitrogens with two attached hydrogens (primary N) is 1. The summed E-state index contributed by atoms with van der Waals surface area (Å²) < 4.78 is 0. The number of anilines is 1. The van der Waals surface area contributed by atoms with Crippen LogP contribution < -0.4 is 11.1 Å². The average Bonchev–Trinajstić information content (AvgIpc) is 3.14. The maximum Gasteiger partial charge on any atom is 0.273 e. The third kappa shape index (κ3) is 3.39. The number of benzene rings is 2. The lowest BCUT2D eigenvalue weighted by Crippen LogP contribution is -2.37. The Morgan fingerprint density at radius 2 is 1.72 bits per heavy atom. The van der Waals surface area contributed by atoms with Crippen LogP contribution in [0.25, 0.3) is 10.9 Å². The van der Waals surface area contributed by atoms with Gasteiger partial charge in [0.25, 0.3) is 17.7 Å². The molecule has 2 aromatic carbocycles. The van der Waals surface area contributed by atoms with E-state index in [9.17, 15) is 14.4 Å². The van der Waals surface area contributed by atoms with E-state index in [0.29, 0.717) is 40.0 Å². The van der Waals surface area contributed by atoms with Crippen molar-refractivity contribution in [3.63, 3.8) is 0 Å². The summed E-state index contributed by atoms with van der Waals surface area (Å²) in [7, 11) is 0. The normalized spacial score (nSPS) is 16.2. The smallest absolute Gasteiger partial charge is 0.273 e. The lowest BCUT2D eigenvalue weighted by Gasteiger charge is -2.30. The highest BCUT2D eigenvalue weighted by atomic mass is 16.2. The van der Waals surface area contributed by atoms with Gasteiger partial charge in [-0.1, -0.05) is 49.6 Å². The summed E-state index contributed by atoms with van der Waals surface area (Å²) in [6, 6.07) is 14.1. The van der Waals surface area contributed by atoms with E-state index >= 15 is 0 Å². The van der Waals surface area contributed by atoms with Crippen molar-refractivity contribution >= 4 is 34.3 Å². The van der Waals surface area contributed by atoms with E-state index in [1.807, 2.05) is 23.1 Å². The molecule has 0 atom stereocenters. The van der Waals surface area contributed by atoms with Crippen LogP contribution in [-0.4, -0.2) is 33.6 Å². The van der Waals surface area contributed by atoms with E-state index in [4.69, 9.17) is 5.73 Å². The maximum atomic E-state index is 13.5. The SMILES string of the molecule is NC(=O)c1ccccc1NC(=O)c1c2c(nc3ccccc13)C(=O)N(C1CCCCC1)C2. The topological polar surface area (TPSA) is 105 Å². The Kier molecular flexibility index (Phi) is 5.09. The van der Waals surface area contributed by atoms with Crippen molar-refractivity contribution in [2.24, 2.45) is 5.73 Å². The number of nitrogens with one attached hydrogen (secondary N) is 1. The fourth-order valence-corrected chi connectivity index (χ4v) is 4.90. The highest BCUT2D eigenvalue weighted by molar-refractivity contribution is 6.17. The molecule has 2 heterocycles. The van der Waals surface area contributed by atoms with Crippen molar-refractivity contribution in [3.8, 4) is 0 Å². The number of hydrogen-bond donors (Lipinski definition) is 2. The molecule has 3 aromatic rings. The van der Waals surface area contributed by atoms with Gasteiger partial charge in [-0.15, -0.1) is 0 Å². The molecule has 3 N–H and O–H groups in total. The van der Waals surface area contributed by atoms with Crippen molar-refractivity contribution in [2.45, 2.75) is 44.7 Å². The van der Waals surface area contributed by atoms with E-state index in [2.05, 4.69) is 10.3 Å². The van der Waals surface area contributed by atoms with Crippen LogP contribution in [0.4, 0.5) is 5.69 Å². The monoisotopic (exact) mass is 428 g/mol. The number of pyridine rings is 1. The summed E-state index contributed by atoms with van der Waals surface area (Å²) in [6.45, 7) is 0.372. The number of carbonyl (C=O) groups is 3. The molecule has 2 aliphatic rings. The number of carbonyl (C=O) groups excluding carboxylic acids is 3. The van der Waals surface area contributed by atoms with E-state index in [1.165, 1.54) is 6.42 Å². The summed E-state index contributed by atoms with van der Waals surface area (Å²) in [6.07, 6.45) is 5.37. The number of rotatable bonds is 4. The number of aromatic nitrogens is 1. The molecule has 1 aliphatic carbocycles. The molecular formula is C25H24N4O3. The first-order chi connectivity index (χ1) is 15.5. The minimum atomic E-state index is -0.621. The Morgan fingerprint density at radius 3 is 2.50 bits per heavy atom. The second-order valence-electron chi connectivity index (χ2n) is 8.42. The number of primary amides is 1. The molecular weight excluding hydrogens is 404 g/mol. The van der Waals surface area contributed by atoms with Gasteiger partial charge in [0.15, 0.2) is 0 Å². The summed E-state index contributed by atoms with van der Waals surface area (Å²) in [4.78, 5) is 45.1. The minimum Gasteiger partial charge on any atom is -0.366 e. The van der Waals surface area contributed by atoms with Crippen LogP contribution in [0.2, 0.25) is 0 Å². The van der Waals surface area contributed by atoms with Crippen LogP contribution >= 0.6 is 0 Å². The van der Waals surface area contributed by atoms with Crippen molar-refractivity contribution in [1.82, 2.24) is 9.88 Å². The lowest BCUT2D eigenvalue weighted by molar-refractivity contribution is 0.0655. The second-order valence-corrected chi connectivity index (χ2v) is 8.42. The van der Waals surface area contributed by atoms with Crippen molar-refractivity contribution in [2.75, 3.05) is 5.32 Å². The van der Waals surface area contributed by atoms with Gasteiger partial charge in [0.2, 0.25) is 0 Å². The number of fused-ring (bicyclic) bond motifs is 2. The van der Waals surface area contributed by atoms with Gasteiger partial charge in [-0.25, -0.2) is 4.98 Å². The fraction of sp³-hybridized carbons (Fsp3) is 0.280. The molecule has 1 aliphatic heterocycles. The van der Waals surface area contributed by atoms with Crippen LogP contribution in [0.5, 0.6) is 0 Å². The first-order valence-corrected chi connectivity index (χ1v) is 11.0. The minimum absolute atomic E-state index is 0.107. The van der Waals surface area contributed by atoms with Gasteiger partial charge in [-0.05, 0) is 31.0 Å². The zero-order chi connectivity index (χ0) is 22.2. The first-order valence-electron chi connectivity index (χ1n) is 11.0. The van der Waals surface area contributed by atoms with Gasteiger partial charge in [0, 0.05) is 23.5 Å². The average molecular weight is 428 g/mol. The lowest BCUT2D eigenvalue weighted by atomic mass is 9.94. The first kappa shape index (κ1) is 20.2. The van der Waals surface area contributed by atoms with E-state index < -0.39 is 5.91 Å². The molecule has 3 amide bonds. The Hall–Kier alpha value is -3.74. The molecule has 1 aromatic heterocycles. The van der Waals surface area contributed by atoms with Gasteiger partial charge >= 0.3 is 0 Å². The van der Waals surface area contributed by atoms with Crippen molar-refractivity contribution in [1.29, 1.82) is 0 Å². The summed E-state index contributed by atoms with van der Waals surface area (Å²) in [5, 5.41) is 3.52. The predicted octanol–water partition coefficient (Wildman–Crippen LogP) is 3.87. The molecule has 7 nitrogen and oxygen atoms in total. The zero-order valence-electron chi connectivity index (χ0n) is 17.6. The Bertz CT molecular complexity index is 1250. The highest BCUT2D eigenvalue weighted by Crippen LogP contribution is 2.35. The molecule has 0 bridgehead atoms. The van der Waals surface area contributed by atoms with Crippen LogP contribution in [0.1, 0.15) is 68.9 Å². The Balaban J connectivity index is 1.59. The van der Waals surface area contributed by atoms with Crippen molar-refractivity contribution < 1.29 is 14.4 Å². The van der Waals surface area contributed by atoms with E-state index in [0.717, 1.165) is 25.7 Å². The molecule has 0 radical (unpaired) electrons.